The Labute approximate surface area is 104 Å². The molecule has 104 valence electrons. The van der Waals surface area contributed by atoms with Gasteiger partial charge in [0.25, 0.3) is 0 Å². The highest BCUT2D eigenvalue weighted by Gasteiger charge is 2.27. The van der Waals surface area contributed by atoms with E-state index in [9.17, 15) is 13.2 Å². The third kappa shape index (κ3) is 5.55. The van der Waals surface area contributed by atoms with Crippen LogP contribution in [0.4, 0.5) is 13.2 Å². The summed E-state index contributed by atoms with van der Waals surface area (Å²) in [5.41, 5.74) is 0.660. The van der Waals surface area contributed by atoms with Crippen LogP contribution in [0.3, 0.4) is 0 Å². The molecule has 1 heterocycles. The maximum Gasteiger partial charge on any atom is 0.411 e. The van der Waals surface area contributed by atoms with Crippen LogP contribution in [0.25, 0.3) is 0 Å². The van der Waals surface area contributed by atoms with Crippen molar-refractivity contribution in [2.45, 2.75) is 39.6 Å². The first-order valence-electron chi connectivity index (χ1n) is 5.85. The number of halogens is 3. The van der Waals surface area contributed by atoms with Crippen molar-refractivity contribution < 1.29 is 22.3 Å². The molecule has 0 radical (unpaired) electrons. The van der Waals surface area contributed by atoms with Crippen LogP contribution in [0.2, 0.25) is 0 Å². The Morgan fingerprint density at radius 1 is 1.39 bits per heavy atom. The normalized spacial score (nSPS) is 12.1. The van der Waals surface area contributed by atoms with E-state index in [0.29, 0.717) is 23.6 Å². The lowest BCUT2D eigenvalue weighted by molar-refractivity contribution is -0.176. The van der Waals surface area contributed by atoms with Crippen LogP contribution in [-0.4, -0.2) is 19.3 Å². The molecular weight excluding hydrogens is 247 g/mol. The standard InChI is InChI=1S/C12H18F3NO2/c1-3-4-16-6-11-5-10(9(2)18-11)7-17-8-12(13,14)15/h5,16H,3-4,6-8H2,1-2H3. The highest BCUT2D eigenvalue weighted by molar-refractivity contribution is 5.19. The fourth-order valence-electron chi connectivity index (χ4n) is 1.48. The van der Waals surface area contributed by atoms with Crippen LogP contribution in [0.5, 0.6) is 0 Å². The second-order valence-corrected chi connectivity index (χ2v) is 4.08. The summed E-state index contributed by atoms with van der Waals surface area (Å²) in [6.45, 7) is 3.91. The zero-order chi connectivity index (χ0) is 13.6. The number of rotatable bonds is 7. The monoisotopic (exact) mass is 265 g/mol. The van der Waals surface area contributed by atoms with Crippen molar-refractivity contribution in [1.29, 1.82) is 0 Å². The third-order valence-electron chi connectivity index (χ3n) is 2.32. The number of aryl methyl sites for hydroxylation is 1. The Morgan fingerprint density at radius 2 is 2.11 bits per heavy atom. The number of hydrogen-bond donors (Lipinski definition) is 1. The van der Waals surface area contributed by atoms with E-state index >= 15 is 0 Å². The van der Waals surface area contributed by atoms with E-state index in [-0.39, 0.29) is 6.61 Å². The Hall–Kier alpha value is -1.01. The van der Waals surface area contributed by atoms with Crippen molar-refractivity contribution in [2.75, 3.05) is 13.2 Å². The number of ether oxygens (including phenoxy) is 1. The molecular formula is C12H18F3NO2. The average Bonchev–Trinajstić information content (AvgIpc) is 2.58. The van der Waals surface area contributed by atoms with Gasteiger partial charge >= 0.3 is 6.18 Å². The van der Waals surface area contributed by atoms with Crippen molar-refractivity contribution >= 4 is 0 Å². The van der Waals surface area contributed by atoms with Crippen molar-refractivity contribution in [2.24, 2.45) is 0 Å². The molecule has 1 aromatic rings. The molecule has 0 saturated carbocycles. The summed E-state index contributed by atoms with van der Waals surface area (Å²) >= 11 is 0. The van der Waals surface area contributed by atoms with Gasteiger partial charge in [-0.2, -0.15) is 13.2 Å². The molecule has 1 aromatic heterocycles. The largest absolute Gasteiger partial charge is 0.465 e. The number of alkyl halides is 3. The zero-order valence-electron chi connectivity index (χ0n) is 10.6. The fourth-order valence-corrected chi connectivity index (χ4v) is 1.48. The first kappa shape index (κ1) is 15.0. The molecule has 0 aromatic carbocycles. The second-order valence-electron chi connectivity index (χ2n) is 4.08. The maximum atomic E-state index is 11.9. The molecule has 0 bridgehead atoms. The molecule has 0 spiro atoms. The van der Waals surface area contributed by atoms with E-state index in [1.54, 1.807) is 13.0 Å². The third-order valence-corrected chi connectivity index (χ3v) is 2.32. The predicted molar refractivity (Wildman–Crippen MR) is 61.2 cm³/mol. The maximum absolute atomic E-state index is 11.9. The lowest BCUT2D eigenvalue weighted by atomic mass is 10.2. The molecule has 0 aliphatic heterocycles. The molecule has 1 N–H and O–H groups in total. The molecule has 1 rings (SSSR count). The number of furan rings is 1. The second kappa shape index (κ2) is 6.80. The predicted octanol–water partition coefficient (Wildman–Crippen LogP) is 3.17. The van der Waals surface area contributed by atoms with E-state index in [1.807, 2.05) is 0 Å². The number of nitrogens with one attached hydrogen (secondary N) is 1. The molecule has 18 heavy (non-hydrogen) atoms. The highest BCUT2D eigenvalue weighted by Crippen LogP contribution is 2.19. The van der Waals surface area contributed by atoms with Crippen molar-refractivity contribution in [3.8, 4) is 0 Å². The van der Waals surface area contributed by atoms with E-state index in [1.165, 1.54) is 0 Å². The Morgan fingerprint density at radius 3 is 2.72 bits per heavy atom. The lowest BCUT2D eigenvalue weighted by Crippen LogP contribution is -2.16. The minimum Gasteiger partial charge on any atom is -0.465 e. The SMILES string of the molecule is CCCNCc1cc(COCC(F)(F)F)c(C)o1. The van der Waals surface area contributed by atoms with Gasteiger partial charge in [0.1, 0.15) is 18.1 Å². The van der Waals surface area contributed by atoms with Gasteiger partial charge < -0.3 is 14.5 Å². The van der Waals surface area contributed by atoms with Gasteiger partial charge in [-0.05, 0) is 26.0 Å². The highest BCUT2D eigenvalue weighted by atomic mass is 19.4. The number of hydrogen-bond acceptors (Lipinski definition) is 3. The quantitative estimate of drug-likeness (QED) is 0.769. The lowest BCUT2D eigenvalue weighted by Gasteiger charge is -2.06. The minimum absolute atomic E-state index is 0.0807. The van der Waals surface area contributed by atoms with E-state index in [4.69, 9.17) is 4.42 Å². The smallest absolute Gasteiger partial charge is 0.411 e. The Balaban J connectivity index is 2.41. The van der Waals surface area contributed by atoms with Gasteiger partial charge in [0.05, 0.1) is 13.2 Å². The molecule has 0 atom stereocenters. The van der Waals surface area contributed by atoms with Gasteiger partial charge in [-0.25, -0.2) is 0 Å². The van der Waals surface area contributed by atoms with E-state index < -0.39 is 12.8 Å². The van der Waals surface area contributed by atoms with Crippen molar-refractivity contribution in [3.05, 3.63) is 23.2 Å². The van der Waals surface area contributed by atoms with Gasteiger partial charge in [0, 0.05) is 5.56 Å². The zero-order valence-corrected chi connectivity index (χ0v) is 10.6. The summed E-state index contributed by atoms with van der Waals surface area (Å²) in [5.74, 6) is 1.32. The van der Waals surface area contributed by atoms with Gasteiger partial charge in [-0.15, -0.1) is 0 Å². The van der Waals surface area contributed by atoms with Gasteiger partial charge in [-0.1, -0.05) is 6.92 Å². The van der Waals surface area contributed by atoms with Crippen LogP contribution in [0.15, 0.2) is 10.5 Å². The summed E-state index contributed by atoms with van der Waals surface area (Å²) in [5, 5.41) is 3.16. The van der Waals surface area contributed by atoms with Crippen molar-refractivity contribution in [3.63, 3.8) is 0 Å². The first-order chi connectivity index (χ1) is 8.42. The Bertz CT molecular complexity index is 361. The summed E-state index contributed by atoms with van der Waals surface area (Å²) < 4.78 is 45.8. The van der Waals surface area contributed by atoms with Crippen LogP contribution in [-0.2, 0) is 17.9 Å². The summed E-state index contributed by atoms with van der Waals surface area (Å²) in [4.78, 5) is 0. The Kier molecular flexibility index (Phi) is 5.68. The molecule has 0 amide bonds. The average molecular weight is 265 g/mol. The van der Waals surface area contributed by atoms with E-state index in [2.05, 4.69) is 17.0 Å². The first-order valence-corrected chi connectivity index (χ1v) is 5.85. The van der Waals surface area contributed by atoms with Crippen LogP contribution >= 0.6 is 0 Å². The van der Waals surface area contributed by atoms with Gasteiger partial charge in [0.15, 0.2) is 0 Å². The molecule has 0 aliphatic rings. The summed E-state index contributed by atoms with van der Waals surface area (Å²) in [6, 6.07) is 1.73. The molecule has 0 saturated heterocycles. The van der Waals surface area contributed by atoms with Crippen LogP contribution in [0.1, 0.15) is 30.4 Å². The molecule has 6 heteroatoms. The summed E-state index contributed by atoms with van der Waals surface area (Å²) in [7, 11) is 0. The van der Waals surface area contributed by atoms with Crippen LogP contribution in [0, 0.1) is 6.92 Å². The molecule has 3 nitrogen and oxygen atoms in total. The molecule has 0 aliphatic carbocycles. The summed E-state index contributed by atoms with van der Waals surface area (Å²) in [6.07, 6.45) is -3.27. The molecule has 0 unspecified atom stereocenters. The van der Waals surface area contributed by atoms with Gasteiger partial charge in [-0.3, -0.25) is 0 Å². The fraction of sp³-hybridized carbons (Fsp3) is 0.667. The van der Waals surface area contributed by atoms with E-state index in [0.717, 1.165) is 13.0 Å². The van der Waals surface area contributed by atoms with Crippen LogP contribution < -0.4 is 5.32 Å². The van der Waals surface area contributed by atoms with Crippen molar-refractivity contribution in [1.82, 2.24) is 5.32 Å². The minimum atomic E-state index is -4.29. The van der Waals surface area contributed by atoms with Gasteiger partial charge in [0.2, 0.25) is 0 Å². The topological polar surface area (TPSA) is 34.4 Å². The molecule has 0 fully saturated rings.